The average molecular weight is 216 g/mol. The number of hydrogen-bond acceptors (Lipinski definition) is 2. The van der Waals surface area contributed by atoms with Crippen LogP contribution < -0.4 is 5.32 Å². The fourth-order valence-electron chi connectivity index (χ4n) is 2.20. The SMILES string of the molecule is Cn1cc([C@H]2COC(=O)N2)c2ccccc21. The van der Waals surface area contributed by atoms with Crippen molar-refractivity contribution in [3.8, 4) is 0 Å². The highest BCUT2D eigenvalue weighted by Gasteiger charge is 2.26. The van der Waals surface area contributed by atoms with E-state index in [1.165, 1.54) is 10.9 Å². The molecule has 4 nitrogen and oxygen atoms in total. The summed E-state index contributed by atoms with van der Waals surface area (Å²) in [5.41, 5.74) is 2.28. The van der Waals surface area contributed by atoms with Crippen LogP contribution in [0.5, 0.6) is 0 Å². The van der Waals surface area contributed by atoms with Gasteiger partial charge in [-0.05, 0) is 6.07 Å². The Morgan fingerprint density at radius 1 is 1.44 bits per heavy atom. The lowest BCUT2D eigenvalue weighted by Gasteiger charge is -2.04. The molecule has 82 valence electrons. The molecular formula is C12H12N2O2. The largest absolute Gasteiger partial charge is 0.447 e. The summed E-state index contributed by atoms with van der Waals surface area (Å²) in [6.07, 6.45) is 1.71. The highest BCUT2D eigenvalue weighted by Crippen LogP contribution is 2.27. The summed E-state index contributed by atoms with van der Waals surface area (Å²) in [5, 5.41) is 3.97. The van der Waals surface area contributed by atoms with Crippen LogP contribution >= 0.6 is 0 Å². The van der Waals surface area contributed by atoms with Gasteiger partial charge in [0.25, 0.3) is 0 Å². The van der Waals surface area contributed by atoms with Crippen molar-refractivity contribution < 1.29 is 9.53 Å². The Balaban J connectivity index is 2.13. The molecule has 1 aromatic carbocycles. The van der Waals surface area contributed by atoms with Gasteiger partial charge in [0.15, 0.2) is 0 Å². The molecule has 0 spiro atoms. The summed E-state index contributed by atoms with van der Waals surface area (Å²) in [6, 6.07) is 8.11. The van der Waals surface area contributed by atoms with Crippen molar-refractivity contribution in [1.82, 2.24) is 9.88 Å². The molecule has 1 aliphatic rings. The molecule has 1 saturated heterocycles. The number of aryl methyl sites for hydroxylation is 1. The predicted octanol–water partition coefficient (Wildman–Crippen LogP) is 1.96. The van der Waals surface area contributed by atoms with Gasteiger partial charge in [-0.2, -0.15) is 0 Å². The van der Waals surface area contributed by atoms with E-state index in [1.807, 2.05) is 25.4 Å². The number of nitrogens with zero attached hydrogens (tertiary/aromatic N) is 1. The second-order valence-corrected chi connectivity index (χ2v) is 4.01. The first-order valence-corrected chi connectivity index (χ1v) is 5.23. The Hall–Kier alpha value is -1.97. The van der Waals surface area contributed by atoms with Crippen LogP contribution in [0.4, 0.5) is 4.79 Å². The fraction of sp³-hybridized carbons (Fsp3) is 0.250. The van der Waals surface area contributed by atoms with Gasteiger partial charge in [0.1, 0.15) is 6.61 Å². The van der Waals surface area contributed by atoms with Gasteiger partial charge in [0.05, 0.1) is 6.04 Å². The molecule has 2 heterocycles. The molecule has 1 amide bonds. The lowest BCUT2D eigenvalue weighted by molar-refractivity contribution is 0.177. The minimum absolute atomic E-state index is 0.0291. The third-order valence-corrected chi connectivity index (χ3v) is 2.98. The number of para-hydroxylation sites is 1. The molecule has 0 radical (unpaired) electrons. The number of cyclic esters (lactones) is 1. The highest BCUT2D eigenvalue weighted by atomic mass is 16.6. The van der Waals surface area contributed by atoms with Crippen LogP contribution in [-0.4, -0.2) is 17.3 Å². The van der Waals surface area contributed by atoms with Crippen LogP contribution in [0.1, 0.15) is 11.6 Å². The number of benzene rings is 1. The molecule has 16 heavy (non-hydrogen) atoms. The Morgan fingerprint density at radius 2 is 2.25 bits per heavy atom. The zero-order chi connectivity index (χ0) is 11.1. The molecule has 1 atom stereocenters. The molecular weight excluding hydrogens is 204 g/mol. The predicted molar refractivity (Wildman–Crippen MR) is 60.1 cm³/mol. The average Bonchev–Trinajstić information content (AvgIpc) is 2.84. The van der Waals surface area contributed by atoms with Crippen LogP contribution in [0.25, 0.3) is 10.9 Å². The molecule has 2 aromatic rings. The maximum atomic E-state index is 11.0. The number of hydrogen-bond donors (Lipinski definition) is 1. The number of nitrogens with one attached hydrogen (secondary N) is 1. The maximum Gasteiger partial charge on any atom is 0.407 e. The van der Waals surface area contributed by atoms with E-state index in [4.69, 9.17) is 4.74 Å². The number of amides is 1. The van der Waals surface area contributed by atoms with E-state index >= 15 is 0 Å². The van der Waals surface area contributed by atoms with Gasteiger partial charge in [0, 0.05) is 29.7 Å². The van der Waals surface area contributed by atoms with E-state index in [-0.39, 0.29) is 12.1 Å². The lowest BCUT2D eigenvalue weighted by Crippen LogP contribution is -2.17. The van der Waals surface area contributed by atoms with Crippen LogP contribution in [-0.2, 0) is 11.8 Å². The number of fused-ring (bicyclic) bond motifs is 1. The standard InChI is InChI=1S/C12H12N2O2/c1-14-6-9(10-7-16-12(15)13-10)8-4-2-3-5-11(8)14/h2-6,10H,7H2,1H3,(H,13,15)/t10-/m1/s1. The van der Waals surface area contributed by atoms with Gasteiger partial charge in [-0.25, -0.2) is 4.79 Å². The summed E-state index contributed by atoms with van der Waals surface area (Å²) in [5.74, 6) is 0. The third kappa shape index (κ3) is 1.26. The highest BCUT2D eigenvalue weighted by molar-refractivity contribution is 5.85. The van der Waals surface area contributed by atoms with E-state index in [2.05, 4.69) is 22.0 Å². The number of alkyl carbamates (subject to hydrolysis) is 1. The first-order chi connectivity index (χ1) is 7.75. The van der Waals surface area contributed by atoms with Gasteiger partial charge in [-0.3, -0.25) is 0 Å². The van der Waals surface area contributed by atoms with Gasteiger partial charge in [-0.1, -0.05) is 18.2 Å². The van der Waals surface area contributed by atoms with Crippen molar-refractivity contribution in [2.24, 2.45) is 7.05 Å². The molecule has 1 aliphatic heterocycles. The molecule has 1 N–H and O–H groups in total. The Kier molecular flexibility index (Phi) is 1.89. The Morgan fingerprint density at radius 3 is 3.00 bits per heavy atom. The van der Waals surface area contributed by atoms with Crippen molar-refractivity contribution in [3.63, 3.8) is 0 Å². The lowest BCUT2D eigenvalue weighted by atomic mass is 10.1. The number of ether oxygens (including phenoxy) is 1. The first-order valence-electron chi connectivity index (χ1n) is 5.23. The zero-order valence-electron chi connectivity index (χ0n) is 8.93. The van der Waals surface area contributed by atoms with Crippen molar-refractivity contribution >= 4 is 17.0 Å². The van der Waals surface area contributed by atoms with Crippen LogP contribution in [0.15, 0.2) is 30.5 Å². The van der Waals surface area contributed by atoms with E-state index in [9.17, 15) is 4.79 Å². The van der Waals surface area contributed by atoms with Crippen LogP contribution in [0.3, 0.4) is 0 Å². The van der Waals surface area contributed by atoms with E-state index < -0.39 is 0 Å². The monoisotopic (exact) mass is 216 g/mol. The number of carbonyl (C=O) groups is 1. The topological polar surface area (TPSA) is 43.3 Å². The van der Waals surface area contributed by atoms with Gasteiger partial charge in [0.2, 0.25) is 0 Å². The summed E-state index contributed by atoms with van der Waals surface area (Å²) < 4.78 is 6.98. The van der Waals surface area contributed by atoms with Gasteiger partial charge in [-0.15, -0.1) is 0 Å². The molecule has 4 heteroatoms. The van der Waals surface area contributed by atoms with Gasteiger partial charge < -0.3 is 14.6 Å². The second-order valence-electron chi connectivity index (χ2n) is 4.01. The van der Waals surface area contributed by atoms with Crippen LogP contribution in [0.2, 0.25) is 0 Å². The van der Waals surface area contributed by atoms with Crippen molar-refractivity contribution in [1.29, 1.82) is 0 Å². The van der Waals surface area contributed by atoms with Crippen molar-refractivity contribution in [3.05, 3.63) is 36.0 Å². The summed E-state index contributed by atoms with van der Waals surface area (Å²) in [6.45, 7) is 0.410. The number of carbonyl (C=O) groups excluding carboxylic acids is 1. The van der Waals surface area contributed by atoms with E-state index in [0.717, 1.165) is 5.56 Å². The minimum Gasteiger partial charge on any atom is -0.447 e. The Labute approximate surface area is 92.8 Å². The smallest absolute Gasteiger partial charge is 0.407 e. The van der Waals surface area contributed by atoms with E-state index in [1.54, 1.807) is 0 Å². The number of rotatable bonds is 1. The normalized spacial score (nSPS) is 19.8. The second kappa shape index (κ2) is 3.27. The number of aromatic nitrogens is 1. The van der Waals surface area contributed by atoms with Crippen LogP contribution in [0, 0.1) is 0 Å². The fourth-order valence-corrected chi connectivity index (χ4v) is 2.20. The molecule has 3 rings (SSSR count). The Bertz CT molecular complexity index is 559. The quantitative estimate of drug-likeness (QED) is 0.791. The first kappa shape index (κ1) is 9.27. The summed E-state index contributed by atoms with van der Waals surface area (Å²) in [7, 11) is 2.00. The third-order valence-electron chi connectivity index (χ3n) is 2.98. The van der Waals surface area contributed by atoms with E-state index in [0.29, 0.717) is 6.61 Å². The molecule has 1 aromatic heterocycles. The van der Waals surface area contributed by atoms with Crippen molar-refractivity contribution in [2.75, 3.05) is 6.61 Å². The molecule has 0 bridgehead atoms. The molecule has 0 saturated carbocycles. The minimum atomic E-state index is -0.335. The summed E-state index contributed by atoms with van der Waals surface area (Å²) in [4.78, 5) is 11.0. The molecule has 0 unspecified atom stereocenters. The molecule has 1 fully saturated rings. The van der Waals surface area contributed by atoms with Crippen molar-refractivity contribution in [2.45, 2.75) is 6.04 Å². The molecule has 0 aliphatic carbocycles. The maximum absolute atomic E-state index is 11.0. The summed E-state index contributed by atoms with van der Waals surface area (Å²) >= 11 is 0. The van der Waals surface area contributed by atoms with Gasteiger partial charge >= 0.3 is 6.09 Å². The zero-order valence-corrected chi connectivity index (χ0v) is 8.93.